The van der Waals surface area contributed by atoms with Crippen molar-refractivity contribution >= 4 is 70.7 Å². The van der Waals surface area contributed by atoms with Gasteiger partial charge in [-0.05, 0) is 22.7 Å². The van der Waals surface area contributed by atoms with Gasteiger partial charge in [-0.1, -0.05) is 34.8 Å². The fraction of sp³-hybridized carbons (Fsp3) is 0.333. The molecule has 1 aromatic carbocycles. The zero-order chi connectivity index (χ0) is 30.9. The molecule has 16 nitrogen and oxygen atoms in total. The first kappa shape index (κ1) is 30.4. The van der Waals surface area contributed by atoms with Crippen molar-refractivity contribution in [3.63, 3.8) is 0 Å². The Morgan fingerprint density at radius 3 is 2.56 bits per heavy atom. The second-order valence-corrected chi connectivity index (χ2v) is 12.6. The van der Waals surface area contributed by atoms with Crippen LogP contribution in [-0.2, 0) is 24.0 Å². The van der Waals surface area contributed by atoms with Gasteiger partial charge < -0.3 is 25.8 Å². The van der Waals surface area contributed by atoms with Crippen molar-refractivity contribution < 1.29 is 39.1 Å². The van der Waals surface area contributed by atoms with E-state index in [1.165, 1.54) is 35.8 Å². The fourth-order valence-corrected chi connectivity index (χ4v) is 7.67. The summed E-state index contributed by atoms with van der Waals surface area (Å²) in [5.41, 5.74) is 0.206. The van der Waals surface area contributed by atoms with E-state index in [2.05, 4.69) is 20.2 Å². The molecule has 2 fully saturated rings. The number of fused-ring (bicyclic) bond motifs is 1. The number of β-lactam (4-membered cyclic amide) rings is 1. The van der Waals surface area contributed by atoms with Crippen molar-refractivity contribution in [2.24, 2.45) is 0 Å². The van der Waals surface area contributed by atoms with Crippen molar-refractivity contribution in [3.05, 3.63) is 53.4 Å². The van der Waals surface area contributed by atoms with E-state index in [9.17, 15) is 39.1 Å². The molecule has 1 aromatic heterocycles. The Morgan fingerprint density at radius 1 is 1.16 bits per heavy atom. The number of hydrogen-bond donors (Lipinski definition) is 5. The number of aromatic nitrogens is 2. The van der Waals surface area contributed by atoms with E-state index in [0.717, 1.165) is 32.4 Å². The number of carboxylic acid groups (broad SMARTS) is 1. The predicted molar refractivity (Wildman–Crippen MR) is 151 cm³/mol. The average molecular weight is 649 g/mol. The van der Waals surface area contributed by atoms with E-state index >= 15 is 0 Å². The molecule has 6 amide bonds. The van der Waals surface area contributed by atoms with Crippen LogP contribution in [0.15, 0.2) is 52.0 Å². The molecule has 3 aliphatic rings. The molecule has 0 aliphatic carbocycles. The first-order valence-corrected chi connectivity index (χ1v) is 15.4. The van der Waals surface area contributed by atoms with Crippen LogP contribution in [0.25, 0.3) is 0 Å². The van der Waals surface area contributed by atoms with E-state index in [1.54, 1.807) is 24.4 Å². The van der Waals surface area contributed by atoms with Gasteiger partial charge in [-0.3, -0.25) is 29.0 Å². The summed E-state index contributed by atoms with van der Waals surface area (Å²) in [5.74, 6) is -4.76. The first-order chi connectivity index (χ1) is 20.6. The molecule has 5 rings (SSSR count). The zero-order valence-corrected chi connectivity index (χ0v) is 24.7. The van der Waals surface area contributed by atoms with E-state index in [1.807, 2.05) is 5.48 Å². The zero-order valence-electron chi connectivity index (χ0n) is 22.3. The van der Waals surface area contributed by atoms with Crippen LogP contribution < -0.4 is 16.1 Å². The summed E-state index contributed by atoms with van der Waals surface area (Å²) < 4.78 is 4.53. The van der Waals surface area contributed by atoms with E-state index in [-0.39, 0.29) is 35.9 Å². The quantitative estimate of drug-likeness (QED) is 0.0758. The molecule has 0 bridgehead atoms. The minimum absolute atomic E-state index is 0.0992. The molecular formula is C24H24N8O8S3. The number of aliphatic carboxylic acids is 1. The van der Waals surface area contributed by atoms with Gasteiger partial charge >= 0.3 is 23.8 Å². The van der Waals surface area contributed by atoms with Crippen LogP contribution in [-0.4, -0.2) is 113 Å². The van der Waals surface area contributed by atoms with Crippen LogP contribution in [0.1, 0.15) is 11.6 Å². The maximum Gasteiger partial charge on any atom is 0.352 e. The highest BCUT2D eigenvalue weighted by atomic mass is 32.2. The molecule has 0 spiro atoms. The highest BCUT2D eigenvalue weighted by molar-refractivity contribution is 8.01. The minimum Gasteiger partial charge on any atom is -0.477 e. The normalized spacial score (nSPS) is 22.6. The Morgan fingerprint density at radius 2 is 1.91 bits per heavy atom. The third-order valence-electron chi connectivity index (χ3n) is 6.92. The maximum absolute atomic E-state index is 13.7. The molecule has 1 unspecified atom stereocenters. The van der Waals surface area contributed by atoms with Gasteiger partial charge in [0.15, 0.2) is 0 Å². The number of nitrogens with zero attached hydrogens (tertiary/aromatic N) is 5. The largest absolute Gasteiger partial charge is 0.477 e. The summed E-state index contributed by atoms with van der Waals surface area (Å²) in [4.78, 5) is 79.9. The number of amides is 6. The molecule has 3 aliphatic heterocycles. The summed E-state index contributed by atoms with van der Waals surface area (Å²) in [7, 11) is 1.42. The van der Waals surface area contributed by atoms with Gasteiger partial charge in [-0.15, -0.1) is 28.6 Å². The van der Waals surface area contributed by atoms with E-state index in [0.29, 0.717) is 10.5 Å². The third-order valence-corrected chi connectivity index (χ3v) is 10.2. The number of carbonyl (C=O) groups is 6. The summed E-state index contributed by atoms with van der Waals surface area (Å²) in [6.45, 7) is -0.00321. The van der Waals surface area contributed by atoms with Gasteiger partial charge in [0.25, 0.3) is 5.91 Å². The molecule has 5 N–H and O–H groups in total. The number of urea groups is 1. The van der Waals surface area contributed by atoms with Crippen molar-refractivity contribution in [3.8, 4) is 0 Å². The van der Waals surface area contributed by atoms with Crippen LogP contribution in [0.3, 0.4) is 0 Å². The number of likely N-dealkylation sites (N-methyl/N-ethyl adjacent to an activating group) is 1. The second-order valence-electron chi connectivity index (χ2n) is 9.51. The molecule has 2 saturated heterocycles. The number of rotatable bonds is 9. The number of carboxylic acids is 1. The molecule has 4 heterocycles. The monoisotopic (exact) mass is 648 g/mol. The lowest BCUT2D eigenvalue weighted by atomic mass is 9.94. The van der Waals surface area contributed by atoms with E-state index in [4.69, 9.17) is 0 Å². The lowest BCUT2D eigenvalue weighted by molar-refractivity contribution is -0.171. The third kappa shape index (κ3) is 5.56. The van der Waals surface area contributed by atoms with Crippen LogP contribution in [0.2, 0.25) is 0 Å². The number of hydrogen-bond acceptors (Lipinski definition) is 13. The Labute approximate surface area is 255 Å². The van der Waals surface area contributed by atoms with Crippen LogP contribution in [0.4, 0.5) is 4.79 Å². The summed E-state index contributed by atoms with van der Waals surface area (Å²) in [6.07, 6.45) is 1.54. The minimum atomic E-state index is -2.12. The van der Waals surface area contributed by atoms with Gasteiger partial charge in [0.2, 0.25) is 11.6 Å². The van der Waals surface area contributed by atoms with Crippen LogP contribution >= 0.6 is 35.1 Å². The summed E-state index contributed by atoms with van der Waals surface area (Å²) in [5, 5.41) is 27.7. The number of thioether (sulfide) groups is 2. The van der Waals surface area contributed by atoms with Gasteiger partial charge in [0.1, 0.15) is 21.3 Å². The molecule has 0 radical (unpaired) electrons. The van der Waals surface area contributed by atoms with Crippen LogP contribution in [0.5, 0.6) is 0 Å². The molecule has 19 heteroatoms. The molecule has 3 atom stereocenters. The summed E-state index contributed by atoms with van der Waals surface area (Å²) in [6, 6.07) is 5.46. The lowest BCUT2D eigenvalue weighted by Crippen LogP contribution is -2.85. The van der Waals surface area contributed by atoms with Gasteiger partial charge in [0, 0.05) is 31.6 Å². The molecule has 43 heavy (non-hydrogen) atoms. The van der Waals surface area contributed by atoms with Crippen LogP contribution in [0, 0.1) is 0 Å². The van der Waals surface area contributed by atoms with Crippen molar-refractivity contribution in [2.75, 3.05) is 31.6 Å². The standard InChI is InChI=1S/C24H24N8O8S3/c1-30-7-8-31(19(35)18(30)34)23(39)26-15(12-5-3-2-4-6-12)17(33)27-24(28-40)21(38)32-16(20(36)37)13(11-42-22(24)32)10-41-14-9-25-29-43-14/h2-6,9,15,22,28,40H,7-8,10-11H2,1H3,(H,26,39)(H,27,33)(H,36,37)/t15?,22-,24+/m1/s1. The summed E-state index contributed by atoms with van der Waals surface area (Å²) >= 11 is 3.58. The smallest absolute Gasteiger partial charge is 0.352 e. The number of benzene rings is 1. The van der Waals surface area contributed by atoms with Gasteiger partial charge in [0.05, 0.1) is 6.20 Å². The Kier molecular flexibility index (Phi) is 8.69. The maximum atomic E-state index is 13.7. The molecule has 226 valence electrons. The number of carbonyl (C=O) groups excluding carboxylic acids is 5. The second kappa shape index (κ2) is 12.3. The predicted octanol–water partition coefficient (Wildman–Crippen LogP) is -0.573. The van der Waals surface area contributed by atoms with Crippen molar-refractivity contribution in [2.45, 2.75) is 21.3 Å². The molecular weight excluding hydrogens is 625 g/mol. The highest BCUT2D eigenvalue weighted by Gasteiger charge is 2.66. The van der Waals surface area contributed by atoms with Gasteiger partial charge in [-0.25, -0.2) is 9.59 Å². The van der Waals surface area contributed by atoms with Gasteiger partial charge in [-0.2, -0.15) is 5.48 Å². The number of piperazine rings is 1. The Bertz CT molecular complexity index is 1510. The number of hydroxylamine groups is 1. The number of nitrogens with one attached hydrogen (secondary N) is 3. The first-order valence-electron chi connectivity index (χ1n) is 12.6. The molecule has 0 saturated carbocycles. The number of imide groups is 1. The fourth-order valence-electron chi connectivity index (χ4n) is 4.70. The molecule has 2 aromatic rings. The van der Waals surface area contributed by atoms with Crippen molar-refractivity contribution in [1.82, 2.24) is 40.4 Å². The van der Waals surface area contributed by atoms with E-state index < -0.39 is 52.7 Å². The highest BCUT2D eigenvalue weighted by Crippen LogP contribution is 2.46. The topological polar surface area (TPSA) is 214 Å². The Hall–Kier alpha value is -4.04. The average Bonchev–Trinajstić information content (AvgIpc) is 3.53. The lowest BCUT2D eigenvalue weighted by Gasteiger charge is -2.56. The van der Waals surface area contributed by atoms with Crippen molar-refractivity contribution in [1.29, 1.82) is 0 Å². The SMILES string of the molecule is CN1CCN(C(=O)NC(C(=O)N[C@]2(NO)C(=O)N3C(C(=O)O)=C(CSc4cnns4)CS[C@@H]32)c2ccccc2)C(=O)C1=O. The Balaban J connectivity index is 1.37.